The van der Waals surface area contributed by atoms with E-state index in [1.165, 1.54) is 36.4 Å². The number of nitrogens with zero attached hydrogens (tertiary/aromatic N) is 3. The second-order valence-electron chi connectivity index (χ2n) is 6.55. The second-order valence-corrected chi connectivity index (χ2v) is 6.55. The highest BCUT2D eigenvalue weighted by atomic mass is 19.1. The van der Waals surface area contributed by atoms with Gasteiger partial charge in [0.25, 0.3) is 5.91 Å². The second kappa shape index (κ2) is 8.29. The number of carbonyl (C=O) groups is 1. The normalized spacial score (nSPS) is 11.1. The molecule has 6 heteroatoms. The van der Waals surface area contributed by atoms with Crippen LogP contribution in [0.15, 0.2) is 42.5 Å². The predicted octanol–water partition coefficient (Wildman–Crippen LogP) is 4.78. The van der Waals surface area contributed by atoms with Crippen LogP contribution < -0.4 is 0 Å². The van der Waals surface area contributed by atoms with Crippen molar-refractivity contribution >= 4 is 16.9 Å². The van der Waals surface area contributed by atoms with Crippen molar-refractivity contribution in [2.45, 2.75) is 39.8 Å². The third-order valence-corrected chi connectivity index (χ3v) is 4.44. The van der Waals surface area contributed by atoms with Crippen LogP contribution in [0.3, 0.4) is 0 Å². The molecule has 142 valence electrons. The minimum atomic E-state index is -0.375. The van der Waals surface area contributed by atoms with E-state index in [4.69, 9.17) is 0 Å². The number of halogens is 2. The van der Waals surface area contributed by atoms with E-state index in [1.54, 1.807) is 11.0 Å². The summed E-state index contributed by atoms with van der Waals surface area (Å²) < 4.78 is 28.8. The smallest absolute Gasteiger partial charge is 0.254 e. The largest absolute Gasteiger partial charge is 0.331 e. The summed E-state index contributed by atoms with van der Waals surface area (Å²) in [5.74, 6) is -0.126. The van der Waals surface area contributed by atoms with Gasteiger partial charge in [0.1, 0.15) is 17.5 Å². The molecule has 1 amide bonds. The minimum Gasteiger partial charge on any atom is -0.331 e. The van der Waals surface area contributed by atoms with E-state index in [2.05, 4.69) is 4.98 Å². The fourth-order valence-electron chi connectivity index (χ4n) is 3.21. The number of hydrogen-bond donors (Lipinski definition) is 0. The van der Waals surface area contributed by atoms with Gasteiger partial charge >= 0.3 is 0 Å². The third-order valence-electron chi connectivity index (χ3n) is 4.44. The summed E-state index contributed by atoms with van der Waals surface area (Å²) >= 11 is 0. The Bertz CT molecular complexity index is 934. The summed E-state index contributed by atoms with van der Waals surface area (Å²) in [6.45, 7) is 5.61. The Kier molecular flexibility index (Phi) is 5.84. The first-order chi connectivity index (χ1) is 13.0. The van der Waals surface area contributed by atoms with Crippen LogP contribution in [0.2, 0.25) is 0 Å². The summed E-state index contributed by atoms with van der Waals surface area (Å²) in [6.07, 6.45) is 1.66. The van der Waals surface area contributed by atoms with Crippen LogP contribution in [0.25, 0.3) is 11.0 Å². The van der Waals surface area contributed by atoms with Crippen molar-refractivity contribution in [2.75, 3.05) is 6.54 Å². The molecule has 0 aliphatic rings. The van der Waals surface area contributed by atoms with Gasteiger partial charge in [0.05, 0.1) is 17.6 Å². The average molecular weight is 371 g/mol. The molecule has 1 aromatic heterocycles. The Labute approximate surface area is 157 Å². The molecule has 0 bridgehead atoms. The van der Waals surface area contributed by atoms with Crippen molar-refractivity contribution in [3.8, 4) is 0 Å². The number of imidazole rings is 1. The summed E-state index contributed by atoms with van der Waals surface area (Å²) in [6, 6.07) is 10.1. The Hall–Kier alpha value is -2.76. The maximum atomic E-state index is 13.7. The molecule has 27 heavy (non-hydrogen) atoms. The molecule has 3 aromatic rings. The van der Waals surface area contributed by atoms with Crippen molar-refractivity contribution in [2.24, 2.45) is 0 Å². The number of benzene rings is 2. The van der Waals surface area contributed by atoms with Crippen LogP contribution >= 0.6 is 0 Å². The van der Waals surface area contributed by atoms with Crippen molar-refractivity contribution in [1.82, 2.24) is 14.5 Å². The van der Waals surface area contributed by atoms with Crippen molar-refractivity contribution in [3.05, 3.63) is 65.5 Å². The lowest BCUT2D eigenvalue weighted by Crippen LogP contribution is -2.32. The zero-order chi connectivity index (χ0) is 19.4. The number of aromatic nitrogens is 2. The SMILES string of the molecule is CCCN(Cc1nc2ccc(F)cc2n1CCC)C(=O)c1ccc(F)cc1. The van der Waals surface area contributed by atoms with E-state index in [1.807, 2.05) is 18.4 Å². The summed E-state index contributed by atoms with van der Waals surface area (Å²) in [5.41, 5.74) is 1.89. The lowest BCUT2D eigenvalue weighted by Gasteiger charge is -2.22. The van der Waals surface area contributed by atoms with Crippen LogP contribution in [0.5, 0.6) is 0 Å². The van der Waals surface area contributed by atoms with Crippen molar-refractivity contribution in [1.29, 1.82) is 0 Å². The van der Waals surface area contributed by atoms with E-state index in [0.29, 0.717) is 30.7 Å². The van der Waals surface area contributed by atoms with Gasteiger partial charge in [-0.05, 0) is 55.3 Å². The van der Waals surface area contributed by atoms with Gasteiger partial charge in [-0.2, -0.15) is 0 Å². The molecule has 1 heterocycles. The molecule has 0 fully saturated rings. The van der Waals surface area contributed by atoms with Gasteiger partial charge in [0.15, 0.2) is 0 Å². The molecule has 0 radical (unpaired) electrons. The molecule has 0 N–H and O–H groups in total. The maximum Gasteiger partial charge on any atom is 0.254 e. The first-order valence-electron chi connectivity index (χ1n) is 9.23. The fraction of sp³-hybridized carbons (Fsp3) is 0.333. The van der Waals surface area contributed by atoms with Crippen molar-refractivity contribution in [3.63, 3.8) is 0 Å². The van der Waals surface area contributed by atoms with E-state index in [9.17, 15) is 13.6 Å². The number of rotatable bonds is 7. The molecule has 0 unspecified atom stereocenters. The number of carbonyl (C=O) groups excluding carboxylic acids is 1. The fourth-order valence-corrected chi connectivity index (χ4v) is 3.21. The van der Waals surface area contributed by atoms with E-state index in [0.717, 1.165) is 24.2 Å². The van der Waals surface area contributed by atoms with Crippen LogP contribution in [-0.2, 0) is 13.1 Å². The lowest BCUT2D eigenvalue weighted by atomic mass is 10.2. The van der Waals surface area contributed by atoms with Gasteiger partial charge < -0.3 is 9.47 Å². The number of hydrogen-bond acceptors (Lipinski definition) is 2. The highest BCUT2D eigenvalue weighted by Gasteiger charge is 2.19. The monoisotopic (exact) mass is 371 g/mol. The molecule has 0 spiro atoms. The molecule has 0 aliphatic heterocycles. The standard InChI is InChI=1S/C21H23F2N3O/c1-3-11-25(21(27)15-5-7-16(22)8-6-15)14-20-24-18-10-9-17(23)13-19(18)26(20)12-4-2/h5-10,13H,3-4,11-12,14H2,1-2H3. The first-order valence-corrected chi connectivity index (χ1v) is 9.23. The highest BCUT2D eigenvalue weighted by molar-refractivity contribution is 5.94. The van der Waals surface area contributed by atoms with Crippen LogP contribution in [0, 0.1) is 11.6 Å². The van der Waals surface area contributed by atoms with Crippen molar-refractivity contribution < 1.29 is 13.6 Å². The van der Waals surface area contributed by atoms with Gasteiger partial charge in [-0.25, -0.2) is 13.8 Å². The molecule has 0 atom stereocenters. The molecule has 0 saturated heterocycles. The van der Waals surface area contributed by atoms with Gasteiger partial charge in [-0.3, -0.25) is 4.79 Å². The molecule has 0 saturated carbocycles. The highest BCUT2D eigenvalue weighted by Crippen LogP contribution is 2.20. The van der Waals surface area contributed by atoms with Crippen LogP contribution in [0.1, 0.15) is 42.9 Å². The van der Waals surface area contributed by atoms with Gasteiger partial charge in [0.2, 0.25) is 0 Å². The molecule has 4 nitrogen and oxygen atoms in total. The molecular formula is C21H23F2N3O. The van der Waals surface area contributed by atoms with Crippen LogP contribution in [-0.4, -0.2) is 26.9 Å². The van der Waals surface area contributed by atoms with E-state index in [-0.39, 0.29) is 17.5 Å². The number of fused-ring (bicyclic) bond motifs is 1. The zero-order valence-electron chi connectivity index (χ0n) is 15.6. The van der Waals surface area contributed by atoms with E-state index < -0.39 is 0 Å². The molecule has 3 rings (SSSR count). The van der Waals surface area contributed by atoms with Gasteiger partial charge in [-0.1, -0.05) is 13.8 Å². The minimum absolute atomic E-state index is 0.168. The Morgan fingerprint density at radius 3 is 2.41 bits per heavy atom. The Morgan fingerprint density at radius 1 is 1.04 bits per heavy atom. The molecule has 0 aliphatic carbocycles. The van der Waals surface area contributed by atoms with E-state index >= 15 is 0 Å². The first kappa shape index (κ1) is 19.0. The Morgan fingerprint density at radius 2 is 1.74 bits per heavy atom. The third kappa shape index (κ3) is 4.15. The quantitative estimate of drug-likeness (QED) is 0.600. The number of amides is 1. The average Bonchev–Trinajstić information content (AvgIpc) is 2.98. The lowest BCUT2D eigenvalue weighted by molar-refractivity contribution is 0.0737. The Balaban J connectivity index is 1.95. The zero-order valence-corrected chi connectivity index (χ0v) is 15.6. The summed E-state index contributed by atoms with van der Waals surface area (Å²) in [5, 5.41) is 0. The maximum absolute atomic E-state index is 13.7. The summed E-state index contributed by atoms with van der Waals surface area (Å²) in [7, 11) is 0. The van der Waals surface area contributed by atoms with Gasteiger partial charge in [0, 0.05) is 18.7 Å². The molecular weight excluding hydrogens is 348 g/mol. The predicted molar refractivity (Wildman–Crippen MR) is 101 cm³/mol. The number of aryl methyl sites for hydroxylation is 1. The summed E-state index contributed by atoms with van der Waals surface area (Å²) in [4.78, 5) is 19.2. The topological polar surface area (TPSA) is 38.1 Å². The van der Waals surface area contributed by atoms with Crippen LogP contribution in [0.4, 0.5) is 8.78 Å². The van der Waals surface area contributed by atoms with Gasteiger partial charge in [-0.15, -0.1) is 0 Å². The molecule has 2 aromatic carbocycles.